The molecule has 2 aliphatic heterocycles. The zero-order chi connectivity index (χ0) is 26.1. The Morgan fingerprint density at radius 1 is 1.11 bits per heavy atom. The highest BCUT2D eigenvalue weighted by atomic mass is 16.5. The average Bonchev–Trinajstić information content (AvgIpc) is 3.35. The molecular weight excluding hydrogens is 462 g/mol. The molecule has 3 atom stereocenters. The maximum atomic E-state index is 10.1. The third kappa shape index (κ3) is 5.03. The van der Waals surface area contributed by atoms with Gasteiger partial charge in [0.2, 0.25) is 0 Å². The molecule has 5 rings (SSSR count). The van der Waals surface area contributed by atoms with Gasteiger partial charge in [0.1, 0.15) is 35.7 Å². The van der Waals surface area contributed by atoms with Crippen LogP contribution in [0, 0.1) is 18.3 Å². The summed E-state index contributed by atoms with van der Waals surface area (Å²) in [6.45, 7) is 9.46. The van der Waals surface area contributed by atoms with Gasteiger partial charge in [-0.1, -0.05) is 31.0 Å². The minimum atomic E-state index is -0.397. The van der Waals surface area contributed by atoms with Crippen LogP contribution in [0.4, 0.5) is 0 Å². The molecular formula is C32H33NO4. The summed E-state index contributed by atoms with van der Waals surface area (Å²) in [5, 5.41) is 20.3. The second kappa shape index (κ2) is 10.2. The summed E-state index contributed by atoms with van der Waals surface area (Å²) in [5.41, 5.74) is 4.98. The monoisotopic (exact) mass is 495 g/mol. The first-order chi connectivity index (χ1) is 17.8. The summed E-state index contributed by atoms with van der Waals surface area (Å²) in [7, 11) is 0. The van der Waals surface area contributed by atoms with Crippen molar-refractivity contribution in [2.45, 2.75) is 39.3 Å². The van der Waals surface area contributed by atoms with Crippen LogP contribution in [0.15, 0.2) is 60.7 Å². The van der Waals surface area contributed by atoms with Crippen LogP contribution >= 0.6 is 0 Å². The van der Waals surface area contributed by atoms with Gasteiger partial charge in [0.25, 0.3) is 0 Å². The number of fused-ring (bicyclic) bond motifs is 1. The predicted octanol–water partition coefficient (Wildman–Crippen LogP) is 6.25. The van der Waals surface area contributed by atoms with E-state index in [0.29, 0.717) is 24.0 Å². The van der Waals surface area contributed by atoms with Crippen LogP contribution in [0.5, 0.6) is 23.0 Å². The van der Waals surface area contributed by atoms with E-state index in [9.17, 15) is 10.2 Å². The van der Waals surface area contributed by atoms with Crippen molar-refractivity contribution in [2.24, 2.45) is 5.92 Å². The molecule has 0 radical (unpaired) electrons. The molecule has 0 amide bonds. The highest BCUT2D eigenvalue weighted by molar-refractivity contribution is 5.96. The van der Waals surface area contributed by atoms with Gasteiger partial charge in [-0.2, -0.15) is 0 Å². The van der Waals surface area contributed by atoms with Crippen molar-refractivity contribution >= 4 is 11.1 Å². The van der Waals surface area contributed by atoms with Crippen molar-refractivity contribution in [3.63, 3.8) is 0 Å². The summed E-state index contributed by atoms with van der Waals surface area (Å²) >= 11 is 0. The van der Waals surface area contributed by atoms with E-state index >= 15 is 0 Å². The van der Waals surface area contributed by atoms with Gasteiger partial charge in [-0.3, -0.25) is 4.90 Å². The molecule has 1 unspecified atom stereocenters. The van der Waals surface area contributed by atoms with Crippen LogP contribution in [0.1, 0.15) is 55.5 Å². The van der Waals surface area contributed by atoms with E-state index < -0.39 is 6.10 Å². The molecule has 0 saturated carbocycles. The summed E-state index contributed by atoms with van der Waals surface area (Å²) in [6.07, 6.45) is 6.49. The lowest BCUT2D eigenvalue weighted by Crippen LogP contribution is -2.35. The highest BCUT2D eigenvalue weighted by Crippen LogP contribution is 2.47. The minimum absolute atomic E-state index is 0.0648. The Morgan fingerprint density at radius 3 is 2.59 bits per heavy atom. The number of rotatable bonds is 6. The first-order valence-corrected chi connectivity index (χ1v) is 12.8. The molecule has 0 spiro atoms. The standard InChI is InChI=1S/C32H33NO4/c1-5-23-16-25(8-12-29(23)35)31-22(4)28-17-26(34)9-13-30(28)37-32(31)24-6-10-27(11-7-24)36-19-21(3)33-15-14-20(2)18-33/h1,6-13,16-17,20-21,32,34-35H,14-15,18-19H2,2-4H3/t20-,21+,32?/m1/s1. The van der Waals surface area contributed by atoms with Crippen LogP contribution in [-0.2, 0) is 0 Å². The van der Waals surface area contributed by atoms with E-state index in [2.05, 4.69) is 24.7 Å². The largest absolute Gasteiger partial charge is 0.508 e. The number of phenols is 2. The van der Waals surface area contributed by atoms with E-state index in [1.807, 2.05) is 37.3 Å². The molecule has 2 aliphatic rings. The van der Waals surface area contributed by atoms with E-state index in [4.69, 9.17) is 15.9 Å². The van der Waals surface area contributed by atoms with Crippen LogP contribution in [-0.4, -0.2) is 40.9 Å². The Kier molecular flexibility index (Phi) is 6.86. The van der Waals surface area contributed by atoms with Gasteiger partial charge in [-0.15, -0.1) is 6.42 Å². The Balaban J connectivity index is 1.44. The molecule has 2 N–H and O–H groups in total. The van der Waals surface area contributed by atoms with Gasteiger partial charge in [-0.05, 0) is 91.9 Å². The van der Waals surface area contributed by atoms with Crippen LogP contribution in [0.25, 0.3) is 11.1 Å². The van der Waals surface area contributed by atoms with Crippen molar-refractivity contribution in [3.05, 3.63) is 82.9 Å². The second-order valence-corrected chi connectivity index (χ2v) is 10.2. The molecule has 3 aromatic rings. The average molecular weight is 496 g/mol. The number of likely N-dealkylation sites (tertiary alicyclic amines) is 1. The molecule has 1 fully saturated rings. The number of ether oxygens (including phenoxy) is 2. The molecule has 2 heterocycles. The molecule has 5 nitrogen and oxygen atoms in total. The third-order valence-corrected chi connectivity index (χ3v) is 7.49. The second-order valence-electron chi connectivity index (χ2n) is 10.2. The zero-order valence-corrected chi connectivity index (χ0v) is 21.6. The lowest BCUT2D eigenvalue weighted by Gasteiger charge is -2.31. The highest BCUT2D eigenvalue weighted by Gasteiger charge is 2.30. The summed E-state index contributed by atoms with van der Waals surface area (Å²) < 4.78 is 12.6. The zero-order valence-electron chi connectivity index (χ0n) is 21.6. The summed E-state index contributed by atoms with van der Waals surface area (Å²) in [4.78, 5) is 2.49. The quantitative estimate of drug-likeness (QED) is 0.396. The number of benzene rings is 3. The van der Waals surface area contributed by atoms with Crippen molar-refractivity contribution in [1.29, 1.82) is 0 Å². The molecule has 190 valence electrons. The number of hydrogen-bond acceptors (Lipinski definition) is 5. The minimum Gasteiger partial charge on any atom is -0.508 e. The first kappa shape index (κ1) is 24.8. The van der Waals surface area contributed by atoms with Gasteiger partial charge in [-0.25, -0.2) is 0 Å². The first-order valence-electron chi connectivity index (χ1n) is 12.8. The number of phenolic OH excluding ortho intramolecular Hbond substituents is 2. The maximum absolute atomic E-state index is 10.1. The normalized spacial score (nSPS) is 20.2. The molecule has 5 heteroatoms. The van der Waals surface area contributed by atoms with Gasteiger partial charge in [0.15, 0.2) is 0 Å². The topological polar surface area (TPSA) is 62.2 Å². The van der Waals surface area contributed by atoms with Crippen LogP contribution in [0.2, 0.25) is 0 Å². The third-order valence-electron chi connectivity index (χ3n) is 7.49. The van der Waals surface area contributed by atoms with Crippen molar-refractivity contribution in [3.8, 4) is 35.3 Å². The number of terminal acetylenes is 1. The van der Waals surface area contributed by atoms with Gasteiger partial charge < -0.3 is 19.7 Å². The van der Waals surface area contributed by atoms with E-state index in [0.717, 1.165) is 52.6 Å². The van der Waals surface area contributed by atoms with Gasteiger partial charge >= 0.3 is 0 Å². The van der Waals surface area contributed by atoms with Crippen LogP contribution in [0.3, 0.4) is 0 Å². The van der Waals surface area contributed by atoms with Crippen molar-refractivity contribution < 1.29 is 19.7 Å². The number of hydrogen-bond donors (Lipinski definition) is 2. The fourth-order valence-corrected chi connectivity index (χ4v) is 5.29. The van der Waals surface area contributed by atoms with Gasteiger partial charge in [0, 0.05) is 23.7 Å². The molecule has 0 aromatic heterocycles. The SMILES string of the molecule is C#Cc1cc(C2=C(C)c3cc(O)ccc3OC2c2ccc(OC[C@H](C)N3CC[C@@H](C)C3)cc2)ccc1O. The summed E-state index contributed by atoms with van der Waals surface area (Å²) in [6, 6.07) is 18.8. The van der Waals surface area contributed by atoms with E-state index in [-0.39, 0.29) is 11.5 Å². The van der Waals surface area contributed by atoms with E-state index in [1.54, 1.807) is 30.3 Å². The lowest BCUT2D eigenvalue weighted by atomic mass is 9.85. The lowest BCUT2D eigenvalue weighted by molar-refractivity contribution is 0.169. The van der Waals surface area contributed by atoms with Crippen LogP contribution < -0.4 is 9.47 Å². The number of allylic oxidation sites excluding steroid dienone is 1. The van der Waals surface area contributed by atoms with E-state index in [1.165, 1.54) is 6.42 Å². The molecule has 0 aliphatic carbocycles. The maximum Gasteiger partial charge on any atom is 0.150 e. The van der Waals surface area contributed by atoms with Crippen molar-refractivity contribution in [2.75, 3.05) is 19.7 Å². The fraction of sp³-hybridized carbons (Fsp3) is 0.312. The Morgan fingerprint density at radius 2 is 1.89 bits per heavy atom. The Labute approximate surface area is 219 Å². The Bertz CT molecular complexity index is 1370. The Hall–Kier alpha value is -3.88. The van der Waals surface area contributed by atoms with Crippen molar-refractivity contribution in [1.82, 2.24) is 4.90 Å². The smallest absolute Gasteiger partial charge is 0.150 e. The molecule has 0 bridgehead atoms. The number of aromatic hydroxyl groups is 2. The number of nitrogens with zero attached hydrogens (tertiary/aromatic N) is 1. The molecule has 1 saturated heterocycles. The molecule has 3 aromatic carbocycles. The summed E-state index contributed by atoms with van der Waals surface area (Å²) in [5.74, 6) is 5.07. The fourth-order valence-electron chi connectivity index (χ4n) is 5.29. The molecule has 37 heavy (non-hydrogen) atoms. The predicted molar refractivity (Wildman–Crippen MR) is 147 cm³/mol. The van der Waals surface area contributed by atoms with Gasteiger partial charge in [0.05, 0.1) is 5.56 Å².